The molecule has 0 unspecified atom stereocenters. The van der Waals surface area contributed by atoms with E-state index in [0.29, 0.717) is 0 Å². The molecule has 0 aliphatic heterocycles. The molecule has 1 amide bonds. The largest absolute Gasteiger partial charge is 0.459 e. The van der Waals surface area contributed by atoms with Crippen molar-refractivity contribution in [3.05, 3.63) is 35.2 Å². The van der Waals surface area contributed by atoms with Crippen molar-refractivity contribution >= 4 is 23.4 Å². The molecule has 1 heterocycles. The number of carbonyl (C=O) groups is 4. The Kier molecular flexibility index (Phi) is 6.48. The highest BCUT2D eigenvalue weighted by Gasteiger charge is 2.40. The van der Waals surface area contributed by atoms with E-state index >= 15 is 0 Å². The van der Waals surface area contributed by atoms with Gasteiger partial charge in [-0.2, -0.15) is 0 Å². The molecule has 29 heavy (non-hydrogen) atoms. The summed E-state index contributed by atoms with van der Waals surface area (Å²) in [6, 6.07) is 0. The molecule has 1 aliphatic carbocycles. The summed E-state index contributed by atoms with van der Waals surface area (Å²) in [7, 11) is 4.15. The topological polar surface area (TPSA) is 119 Å². The van der Waals surface area contributed by atoms with Crippen LogP contribution in [0.1, 0.15) is 41.7 Å². The standard InChI is InChI=1S/C19H24N4O6/c1-19(2,3)29-12(25)9-22(4)15-16(23(5)11(24)10-28-6)18(27)14-13(17(15)26)20-7-8-21-14/h7-8H,9-10H2,1-6H3. The van der Waals surface area contributed by atoms with E-state index in [1.54, 1.807) is 20.8 Å². The van der Waals surface area contributed by atoms with E-state index in [4.69, 9.17) is 9.47 Å². The molecule has 10 heteroatoms. The first-order chi connectivity index (χ1) is 13.5. The Morgan fingerprint density at radius 2 is 1.52 bits per heavy atom. The van der Waals surface area contributed by atoms with Crippen LogP contribution in [0, 0.1) is 0 Å². The Labute approximate surface area is 168 Å². The second-order valence-electron chi connectivity index (χ2n) is 7.44. The summed E-state index contributed by atoms with van der Waals surface area (Å²) in [5.41, 5.74) is -1.35. The van der Waals surface area contributed by atoms with Gasteiger partial charge in [0.1, 0.15) is 41.5 Å². The summed E-state index contributed by atoms with van der Waals surface area (Å²) in [6.45, 7) is 4.55. The van der Waals surface area contributed by atoms with Crippen molar-refractivity contribution in [3.63, 3.8) is 0 Å². The van der Waals surface area contributed by atoms with Crippen molar-refractivity contribution in [1.82, 2.24) is 19.8 Å². The minimum Gasteiger partial charge on any atom is -0.459 e. The predicted octanol–water partition coefficient (Wildman–Crippen LogP) is 0.446. The average molecular weight is 404 g/mol. The van der Waals surface area contributed by atoms with Crippen molar-refractivity contribution in [2.45, 2.75) is 26.4 Å². The lowest BCUT2D eigenvalue weighted by Gasteiger charge is -2.31. The quantitative estimate of drug-likeness (QED) is 0.622. The Bertz CT molecular complexity index is 887. The zero-order valence-electron chi connectivity index (χ0n) is 17.3. The SMILES string of the molecule is COCC(=O)N(C)C1=C(N(C)CC(=O)OC(C)(C)C)C(=O)c2nccnc2C1=O. The van der Waals surface area contributed by atoms with Crippen molar-refractivity contribution in [2.75, 3.05) is 34.4 Å². The highest BCUT2D eigenvalue weighted by atomic mass is 16.6. The molecule has 10 nitrogen and oxygen atoms in total. The average Bonchev–Trinajstić information content (AvgIpc) is 2.62. The fourth-order valence-corrected chi connectivity index (χ4v) is 2.77. The van der Waals surface area contributed by atoms with Gasteiger partial charge < -0.3 is 19.3 Å². The molecule has 1 aromatic heterocycles. The second kappa shape index (κ2) is 8.48. The monoisotopic (exact) mass is 404 g/mol. The first-order valence-corrected chi connectivity index (χ1v) is 8.81. The van der Waals surface area contributed by atoms with Crippen molar-refractivity contribution in [2.24, 2.45) is 0 Å². The maximum atomic E-state index is 13.1. The molecular weight excluding hydrogens is 380 g/mol. The Hall–Kier alpha value is -3.14. The minimum absolute atomic E-state index is 0.138. The number of amides is 1. The van der Waals surface area contributed by atoms with E-state index in [-0.39, 0.29) is 35.9 Å². The van der Waals surface area contributed by atoms with Gasteiger partial charge in [0, 0.05) is 33.6 Å². The van der Waals surface area contributed by atoms with E-state index < -0.39 is 29.0 Å². The van der Waals surface area contributed by atoms with Crippen molar-refractivity contribution < 1.29 is 28.7 Å². The number of ether oxygens (including phenoxy) is 2. The molecule has 0 saturated heterocycles. The Morgan fingerprint density at radius 3 is 2.00 bits per heavy atom. The number of esters is 1. The maximum absolute atomic E-state index is 13.1. The summed E-state index contributed by atoms with van der Waals surface area (Å²) in [5, 5.41) is 0. The number of hydrogen-bond donors (Lipinski definition) is 0. The normalized spacial score (nSPS) is 13.9. The first kappa shape index (κ1) is 22.2. The van der Waals surface area contributed by atoms with Gasteiger partial charge in [0.2, 0.25) is 11.6 Å². The molecular formula is C19H24N4O6. The number of fused-ring (bicyclic) bond motifs is 1. The minimum atomic E-state index is -0.717. The first-order valence-electron chi connectivity index (χ1n) is 8.81. The van der Waals surface area contributed by atoms with Crippen LogP contribution in [0.2, 0.25) is 0 Å². The molecule has 0 bridgehead atoms. The fourth-order valence-electron chi connectivity index (χ4n) is 2.77. The number of likely N-dealkylation sites (N-methyl/N-ethyl adjacent to an activating group) is 2. The molecule has 0 atom stereocenters. The molecule has 0 spiro atoms. The van der Waals surface area contributed by atoms with Gasteiger partial charge in [-0.1, -0.05) is 0 Å². The van der Waals surface area contributed by atoms with Crippen LogP contribution in [0.15, 0.2) is 23.8 Å². The number of nitrogens with zero attached hydrogens (tertiary/aromatic N) is 4. The number of hydrogen-bond acceptors (Lipinski definition) is 9. The van der Waals surface area contributed by atoms with Gasteiger partial charge in [0.15, 0.2) is 0 Å². The Balaban J connectivity index is 2.52. The summed E-state index contributed by atoms with van der Waals surface area (Å²) in [5.74, 6) is -2.40. The molecule has 1 aliphatic rings. The molecule has 0 N–H and O–H groups in total. The van der Waals surface area contributed by atoms with Crippen LogP contribution in [0.25, 0.3) is 0 Å². The number of rotatable bonds is 6. The van der Waals surface area contributed by atoms with Crippen LogP contribution in [0.3, 0.4) is 0 Å². The molecule has 156 valence electrons. The smallest absolute Gasteiger partial charge is 0.326 e. The van der Waals surface area contributed by atoms with Crippen LogP contribution in [0.4, 0.5) is 0 Å². The van der Waals surface area contributed by atoms with Gasteiger partial charge in [0.25, 0.3) is 5.91 Å². The van der Waals surface area contributed by atoms with Crippen LogP contribution in [-0.4, -0.2) is 83.2 Å². The fraction of sp³-hybridized carbons (Fsp3) is 0.474. The van der Waals surface area contributed by atoms with Gasteiger partial charge in [-0.05, 0) is 20.8 Å². The summed E-state index contributed by atoms with van der Waals surface area (Å²) < 4.78 is 10.1. The van der Waals surface area contributed by atoms with E-state index in [0.717, 1.165) is 4.90 Å². The third-order valence-electron chi connectivity index (χ3n) is 3.93. The van der Waals surface area contributed by atoms with E-state index in [1.165, 1.54) is 38.5 Å². The van der Waals surface area contributed by atoms with Gasteiger partial charge in [-0.15, -0.1) is 0 Å². The maximum Gasteiger partial charge on any atom is 0.326 e. The third-order valence-corrected chi connectivity index (χ3v) is 3.93. The Morgan fingerprint density at radius 1 is 1.00 bits per heavy atom. The second-order valence-corrected chi connectivity index (χ2v) is 7.44. The van der Waals surface area contributed by atoms with E-state index in [9.17, 15) is 19.2 Å². The number of allylic oxidation sites excluding steroid dienone is 2. The zero-order valence-corrected chi connectivity index (χ0v) is 17.3. The summed E-state index contributed by atoms with van der Waals surface area (Å²) >= 11 is 0. The van der Waals surface area contributed by atoms with E-state index in [2.05, 4.69) is 9.97 Å². The van der Waals surface area contributed by atoms with E-state index in [1.807, 2.05) is 0 Å². The predicted molar refractivity (Wildman–Crippen MR) is 101 cm³/mol. The lowest BCUT2D eigenvalue weighted by molar-refractivity contribution is -0.155. The van der Waals surface area contributed by atoms with Crippen LogP contribution in [0.5, 0.6) is 0 Å². The molecule has 1 aromatic rings. The van der Waals surface area contributed by atoms with Gasteiger partial charge >= 0.3 is 5.97 Å². The van der Waals surface area contributed by atoms with Crippen LogP contribution in [-0.2, 0) is 19.1 Å². The number of Topliss-reactive ketones (excluding diaryl/α,β-unsaturated/α-hetero) is 2. The lowest BCUT2D eigenvalue weighted by atomic mass is 9.96. The van der Waals surface area contributed by atoms with Gasteiger partial charge in [-0.25, -0.2) is 9.97 Å². The van der Waals surface area contributed by atoms with Crippen molar-refractivity contribution in [3.8, 4) is 0 Å². The lowest BCUT2D eigenvalue weighted by Crippen LogP contribution is -2.43. The number of aromatic nitrogens is 2. The number of ketones is 2. The molecule has 2 rings (SSSR count). The molecule has 0 aromatic carbocycles. The third kappa shape index (κ3) is 4.83. The number of carbonyl (C=O) groups excluding carboxylic acids is 4. The zero-order chi connectivity index (χ0) is 21.9. The molecule has 0 fully saturated rings. The summed E-state index contributed by atoms with van der Waals surface area (Å²) in [4.78, 5) is 60.9. The molecule has 0 radical (unpaired) electrons. The number of methoxy groups -OCH3 is 1. The van der Waals surface area contributed by atoms with Crippen molar-refractivity contribution in [1.29, 1.82) is 0 Å². The van der Waals surface area contributed by atoms with Gasteiger partial charge in [-0.3, -0.25) is 19.2 Å². The molecule has 0 saturated carbocycles. The van der Waals surface area contributed by atoms with Gasteiger partial charge in [0.05, 0.1) is 0 Å². The highest BCUT2D eigenvalue weighted by Crippen LogP contribution is 2.27. The van der Waals surface area contributed by atoms with Crippen LogP contribution < -0.4 is 0 Å². The summed E-state index contributed by atoms with van der Waals surface area (Å²) in [6.07, 6.45) is 2.58. The van der Waals surface area contributed by atoms with Crippen LogP contribution >= 0.6 is 0 Å². The highest BCUT2D eigenvalue weighted by molar-refractivity contribution is 6.25.